The molecule has 4 rings (SSSR count). The first kappa shape index (κ1) is 21.0. The fourth-order valence-electron chi connectivity index (χ4n) is 3.54. The van der Waals surface area contributed by atoms with E-state index in [0.717, 1.165) is 16.5 Å². The molecule has 0 aliphatic rings. The standard InChI is InChI=1S/C24H23ClN4O2/c1-3-29-22-18(15-27-24(28-22)26-11-12-31-2)13-20(23(29)30)19-10-9-17(14-21(19)25)16-7-5-4-6-8-16/h4-10,13-15H,3,11-12H2,1-2H3,(H,26,27,28). The van der Waals surface area contributed by atoms with Crippen molar-refractivity contribution in [1.29, 1.82) is 0 Å². The summed E-state index contributed by atoms with van der Waals surface area (Å²) in [6, 6.07) is 17.6. The van der Waals surface area contributed by atoms with E-state index in [0.29, 0.717) is 47.4 Å². The first-order valence-electron chi connectivity index (χ1n) is 10.1. The van der Waals surface area contributed by atoms with Crippen LogP contribution >= 0.6 is 11.6 Å². The zero-order valence-electron chi connectivity index (χ0n) is 17.4. The van der Waals surface area contributed by atoms with Gasteiger partial charge in [-0.25, -0.2) is 4.98 Å². The number of ether oxygens (including phenoxy) is 1. The second-order valence-corrected chi connectivity index (χ2v) is 7.47. The Morgan fingerprint density at radius 1 is 1.06 bits per heavy atom. The zero-order chi connectivity index (χ0) is 21.8. The number of fused-ring (bicyclic) bond motifs is 1. The lowest BCUT2D eigenvalue weighted by molar-refractivity contribution is 0.210. The molecule has 0 spiro atoms. The fraction of sp³-hybridized carbons (Fsp3) is 0.208. The van der Waals surface area contributed by atoms with E-state index >= 15 is 0 Å². The third-order valence-corrected chi connectivity index (χ3v) is 5.41. The number of halogens is 1. The number of nitrogens with one attached hydrogen (secondary N) is 1. The third-order valence-electron chi connectivity index (χ3n) is 5.10. The molecule has 0 saturated carbocycles. The highest BCUT2D eigenvalue weighted by Gasteiger charge is 2.15. The first-order chi connectivity index (χ1) is 15.1. The van der Waals surface area contributed by atoms with Crippen molar-refractivity contribution in [3.05, 3.63) is 76.2 Å². The smallest absolute Gasteiger partial charge is 0.260 e. The van der Waals surface area contributed by atoms with E-state index in [1.165, 1.54) is 0 Å². The van der Waals surface area contributed by atoms with Crippen molar-refractivity contribution in [1.82, 2.24) is 14.5 Å². The van der Waals surface area contributed by atoms with E-state index in [4.69, 9.17) is 16.3 Å². The Morgan fingerprint density at radius 2 is 1.87 bits per heavy atom. The Balaban J connectivity index is 1.78. The van der Waals surface area contributed by atoms with E-state index < -0.39 is 0 Å². The Labute approximate surface area is 185 Å². The number of rotatable bonds is 7. The maximum atomic E-state index is 13.3. The lowest BCUT2D eigenvalue weighted by Gasteiger charge is -2.13. The van der Waals surface area contributed by atoms with Gasteiger partial charge < -0.3 is 10.1 Å². The van der Waals surface area contributed by atoms with E-state index in [9.17, 15) is 4.79 Å². The van der Waals surface area contributed by atoms with Crippen molar-refractivity contribution in [2.75, 3.05) is 25.6 Å². The molecule has 0 fully saturated rings. The maximum Gasteiger partial charge on any atom is 0.260 e. The minimum atomic E-state index is -0.133. The molecule has 0 bridgehead atoms. The number of methoxy groups -OCH3 is 1. The number of hydrogen-bond acceptors (Lipinski definition) is 5. The van der Waals surface area contributed by atoms with Crippen molar-refractivity contribution < 1.29 is 4.74 Å². The van der Waals surface area contributed by atoms with Gasteiger partial charge in [-0.3, -0.25) is 9.36 Å². The third kappa shape index (κ3) is 4.31. The fourth-order valence-corrected chi connectivity index (χ4v) is 3.82. The Kier molecular flexibility index (Phi) is 6.30. The van der Waals surface area contributed by atoms with Gasteiger partial charge in [0.2, 0.25) is 5.95 Å². The zero-order valence-corrected chi connectivity index (χ0v) is 18.2. The van der Waals surface area contributed by atoms with Gasteiger partial charge in [-0.05, 0) is 30.2 Å². The predicted octanol–water partition coefficient (Wildman–Crippen LogP) is 4.86. The quantitative estimate of drug-likeness (QED) is 0.421. The summed E-state index contributed by atoms with van der Waals surface area (Å²) in [5, 5.41) is 4.40. The molecule has 7 heteroatoms. The van der Waals surface area contributed by atoms with Crippen molar-refractivity contribution in [3.8, 4) is 22.3 Å². The lowest BCUT2D eigenvalue weighted by Crippen LogP contribution is -2.23. The molecule has 1 N–H and O–H groups in total. The number of aromatic nitrogens is 3. The van der Waals surface area contributed by atoms with Crippen LogP contribution in [0.2, 0.25) is 5.02 Å². The molecule has 158 valence electrons. The average Bonchev–Trinajstić information content (AvgIpc) is 2.80. The highest BCUT2D eigenvalue weighted by Crippen LogP contribution is 2.32. The van der Waals surface area contributed by atoms with Gasteiger partial charge in [0.05, 0.1) is 6.61 Å². The minimum Gasteiger partial charge on any atom is -0.383 e. The maximum absolute atomic E-state index is 13.3. The van der Waals surface area contributed by atoms with Crippen LogP contribution in [-0.2, 0) is 11.3 Å². The van der Waals surface area contributed by atoms with Crippen LogP contribution in [-0.4, -0.2) is 34.8 Å². The topological polar surface area (TPSA) is 69.0 Å². The largest absolute Gasteiger partial charge is 0.383 e. The minimum absolute atomic E-state index is 0.133. The highest BCUT2D eigenvalue weighted by molar-refractivity contribution is 6.33. The summed E-state index contributed by atoms with van der Waals surface area (Å²) in [6.07, 6.45) is 1.72. The van der Waals surface area contributed by atoms with Crippen molar-refractivity contribution >= 4 is 28.6 Å². The van der Waals surface area contributed by atoms with E-state index in [-0.39, 0.29) is 5.56 Å². The van der Waals surface area contributed by atoms with Crippen LogP contribution in [0.5, 0.6) is 0 Å². The number of benzene rings is 2. The highest BCUT2D eigenvalue weighted by atomic mass is 35.5. The molecular weight excluding hydrogens is 412 g/mol. The summed E-state index contributed by atoms with van der Waals surface area (Å²) in [5.74, 6) is 0.462. The van der Waals surface area contributed by atoms with Crippen LogP contribution in [0.4, 0.5) is 5.95 Å². The van der Waals surface area contributed by atoms with Gasteiger partial charge in [-0.15, -0.1) is 0 Å². The Hall–Kier alpha value is -3.22. The normalized spacial score (nSPS) is 11.1. The molecule has 0 aliphatic heterocycles. The van der Waals surface area contributed by atoms with Crippen LogP contribution < -0.4 is 10.9 Å². The molecule has 0 saturated heterocycles. The van der Waals surface area contributed by atoms with Gasteiger partial charge in [0, 0.05) is 47.9 Å². The molecule has 6 nitrogen and oxygen atoms in total. The lowest BCUT2D eigenvalue weighted by atomic mass is 10.0. The summed E-state index contributed by atoms with van der Waals surface area (Å²) in [6.45, 7) is 3.53. The van der Waals surface area contributed by atoms with Gasteiger partial charge in [0.25, 0.3) is 5.56 Å². The summed E-state index contributed by atoms with van der Waals surface area (Å²) in [5.41, 5.74) is 3.75. The second-order valence-electron chi connectivity index (χ2n) is 7.06. The predicted molar refractivity (Wildman–Crippen MR) is 126 cm³/mol. The number of anilines is 1. The van der Waals surface area contributed by atoms with Gasteiger partial charge in [0.15, 0.2) is 0 Å². The molecule has 2 aromatic heterocycles. The number of pyridine rings is 1. The van der Waals surface area contributed by atoms with E-state index in [1.807, 2.05) is 61.5 Å². The molecule has 2 heterocycles. The van der Waals surface area contributed by atoms with Crippen molar-refractivity contribution in [2.45, 2.75) is 13.5 Å². The molecule has 2 aromatic carbocycles. The summed E-state index contributed by atoms with van der Waals surface area (Å²) in [7, 11) is 1.64. The molecule has 0 radical (unpaired) electrons. The van der Waals surface area contributed by atoms with Gasteiger partial charge in [0.1, 0.15) is 5.65 Å². The Morgan fingerprint density at radius 3 is 2.58 bits per heavy atom. The molecular formula is C24H23ClN4O2. The summed E-state index contributed by atoms with van der Waals surface area (Å²) < 4.78 is 6.69. The van der Waals surface area contributed by atoms with Crippen LogP contribution in [0, 0.1) is 0 Å². The Bertz CT molecular complexity index is 1270. The van der Waals surface area contributed by atoms with E-state index in [2.05, 4.69) is 15.3 Å². The van der Waals surface area contributed by atoms with Crippen LogP contribution in [0.25, 0.3) is 33.3 Å². The van der Waals surface area contributed by atoms with E-state index in [1.54, 1.807) is 17.9 Å². The first-order valence-corrected chi connectivity index (χ1v) is 10.5. The SMILES string of the molecule is CCn1c(=O)c(-c2ccc(-c3ccccc3)cc2Cl)cc2cnc(NCCOC)nc21. The number of aryl methyl sites for hydroxylation is 1. The summed E-state index contributed by atoms with van der Waals surface area (Å²) in [4.78, 5) is 22.2. The van der Waals surface area contributed by atoms with Gasteiger partial charge in [-0.2, -0.15) is 4.98 Å². The molecule has 4 aromatic rings. The van der Waals surface area contributed by atoms with Crippen molar-refractivity contribution in [3.63, 3.8) is 0 Å². The van der Waals surface area contributed by atoms with Crippen LogP contribution in [0.15, 0.2) is 65.6 Å². The number of nitrogens with zero attached hydrogens (tertiary/aromatic N) is 3. The molecule has 0 aliphatic carbocycles. The number of hydrogen-bond donors (Lipinski definition) is 1. The second kappa shape index (κ2) is 9.29. The van der Waals surface area contributed by atoms with Gasteiger partial charge >= 0.3 is 0 Å². The monoisotopic (exact) mass is 434 g/mol. The van der Waals surface area contributed by atoms with Crippen molar-refractivity contribution in [2.24, 2.45) is 0 Å². The molecule has 0 amide bonds. The average molecular weight is 435 g/mol. The summed E-state index contributed by atoms with van der Waals surface area (Å²) >= 11 is 6.63. The van der Waals surface area contributed by atoms with Gasteiger partial charge in [-0.1, -0.05) is 54.1 Å². The molecule has 0 atom stereocenters. The van der Waals surface area contributed by atoms with Crippen LogP contribution in [0.1, 0.15) is 6.92 Å². The van der Waals surface area contributed by atoms with Crippen LogP contribution in [0.3, 0.4) is 0 Å². The molecule has 31 heavy (non-hydrogen) atoms. The molecule has 0 unspecified atom stereocenters.